The van der Waals surface area contributed by atoms with Crippen molar-refractivity contribution in [3.8, 4) is 0 Å². The number of aliphatic hydroxyl groups excluding tert-OH is 1. The van der Waals surface area contributed by atoms with Gasteiger partial charge in [-0.15, -0.1) is 0 Å². The summed E-state index contributed by atoms with van der Waals surface area (Å²) >= 11 is 0. The van der Waals surface area contributed by atoms with E-state index in [0.29, 0.717) is 6.61 Å². The van der Waals surface area contributed by atoms with Crippen LogP contribution in [0.4, 0.5) is 0 Å². The maximum atomic E-state index is 8.85. The minimum Gasteiger partial charge on any atom is -0.394 e. The summed E-state index contributed by atoms with van der Waals surface area (Å²) in [6.07, 6.45) is -0.691. The van der Waals surface area contributed by atoms with Crippen LogP contribution in [0.15, 0.2) is 0 Å². The quantitative estimate of drug-likeness (QED) is 0.487. The largest absolute Gasteiger partial charge is 0.394 e. The second-order valence-corrected chi connectivity index (χ2v) is 2.28. The number of hydrogen-bond donors (Lipinski definition) is 2. The Morgan fingerprint density at radius 2 is 2.00 bits per heavy atom. The van der Waals surface area contributed by atoms with Crippen LogP contribution < -0.4 is 5.73 Å². The van der Waals surface area contributed by atoms with Crippen LogP contribution in [0.1, 0.15) is 0 Å². The molecule has 0 aliphatic heterocycles. The normalized spacial score (nSPS) is 16.0. The van der Waals surface area contributed by atoms with Gasteiger partial charge in [0.05, 0.1) is 19.9 Å². The lowest BCUT2D eigenvalue weighted by molar-refractivity contribution is -0.0995. The van der Waals surface area contributed by atoms with Crippen molar-refractivity contribution in [2.24, 2.45) is 5.73 Å². The zero-order valence-corrected chi connectivity index (χ0v) is 7.53. The first-order chi connectivity index (χ1) is 5.79. The van der Waals surface area contributed by atoms with E-state index >= 15 is 0 Å². The number of rotatable bonds is 7. The Morgan fingerprint density at radius 1 is 1.33 bits per heavy atom. The highest BCUT2D eigenvalue weighted by atomic mass is 16.6. The standard InChI is InChI=1S/C7H17NO4/c1-10-4-7(12-5-8)6(3-9)11-2/h6-7,9H,3-5,8H2,1-2H3. The second kappa shape index (κ2) is 7.45. The molecule has 74 valence electrons. The summed E-state index contributed by atoms with van der Waals surface area (Å²) in [4.78, 5) is 0. The lowest BCUT2D eigenvalue weighted by Gasteiger charge is -2.23. The van der Waals surface area contributed by atoms with E-state index in [1.807, 2.05) is 0 Å². The molecule has 0 aliphatic carbocycles. The van der Waals surface area contributed by atoms with Gasteiger partial charge in [0, 0.05) is 14.2 Å². The van der Waals surface area contributed by atoms with Gasteiger partial charge in [-0.25, -0.2) is 0 Å². The topological polar surface area (TPSA) is 73.9 Å². The van der Waals surface area contributed by atoms with E-state index in [9.17, 15) is 0 Å². The van der Waals surface area contributed by atoms with E-state index in [0.717, 1.165) is 0 Å². The van der Waals surface area contributed by atoms with Crippen LogP contribution >= 0.6 is 0 Å². The summed E-state index contributed by atoms with van der Waals surface area (Å²) in [7, 11) is 3.06. The minimum atomic E-state index is -0.381. The Balaban J connectivity index is 3.86. The molecular formula is C7H17NO4. The predicted octanol–water partition coefficient (Wildman–Crippen LogP) is -1.06. The second-order valence-electron chi connectivity index (χ2n) is 2.28. The number of methoxy groups -OCH3 is 2. The number of ether oxygens (including phenoxy) is 3. The van der Waals surface area contributed by atoms with Crippen molar-refractivity contribution in [2.75, 3.05) is 34.2 Å². The third-order valence-electron chi connectivity index (χ3n) is 1.54. The highest BCUT2D eigenvalue weighted by Crippen LogP contribution is 2.02. The van der Waals surface area contributed by atoms with Crippen molar-refractivity contribution < 1.29 is 19.3 Å². The third-order valence-corrected chi connectivity index (χ3v) is 1.54. The molecule has 0 rings (SSSR count). The molecule has 0 saturated heterocycles. The van der Waals surface area contributed by atoms with Crippen LogP contribution in [0, 0.1) is 0 Å². The van der Waals surface area contributed by atoms with Crippen molar-refractivity contribution in [3.63, 3.8) is 0 Å². The smallest absolute Gasteiger partial charge is 0.111 e. The first-order valence-corrected chi connectivity index (χ1v) is 3.74. The van der Waals surface area contributed by atoms with E-state index in [1.165, 1.54) is 7.11 Å². The molecular weight excluding hydrogens is 162 g/mol. The van der Waals surface area contributed by atoms with Crippen molar-refractivity contribution in [1.29, 1.82) is 0 Å². The van der Waals surface area contributed by atoms with E-state index in [2.05, 4.69) is 0 Å². The molecule has 0 radical (unpaired) electrons. The van der Waals surface area contributed by atoms with Crippen LogP contribution in [0.3, 0.4) is 0 Å². The van der Waals surface area contributed by atoms with Crippen molar-refractivity contribution in [3.05, 3.63) is 0 Å². The van der Waals surface area contributed by atoms with Gasteiger partial charge in [0.25, 0.3) is 0 Å². The highest BCUT2D eigenvalue weighted by Gasteiger charge is 2.20. The molecule has 2 unspecified atom stereocenters. The molecule has 0 aromatic carbocycles. The van der Waals surface area contributed by atoms with Gasteiger partial charge in [0.2, 0.25) is 0 Å². The summed E-state index contributed by atoms with van der Waals surface area (Å²) in [6, 6.07) is 0. The Hall–Kier alpha value is -0.200. The zero-order valence-electron chi connectivity index (χ0n) is 7.53. The van der Waals surface area contributed by atoms with Crippen LogP contribution in [0.25, 0.3) is 0 Å². The van der Waals surface area contributed by atoms with Gasteiger partial charge in [-0.3, -0.25) is 0 Å². The van der Waals surface area contributed by atoms with Gasteiger partial charge in [-0.1, -0.05) is 0 Å². The molecule has 2 atom stereocenters. The summed E-state index contributed by atoms with van der Waals surface area (Å²) in [6.45, 7) is 0.342. The SMILES string of the molecule is COCC(OCN)C(CO)OC. The molecule has 0 aliphatic rings. The average Bonchev–Trinajstić information content (AvgIpc) is 2.07. The molecule has 0 bridgehead atoms. The maximum Gasteiger partial charge on any atom is 0.111 e. The average molecular weight is 179 g/mol. The fourth-order valence-corrected chi connectivity index (χ4v) is 0.895. The highest BCUT2D eigenvalue weighted by molar-refractivity contribution is 4.68. The van der Waals surface area contributed by atoms with Crippen LogP contribution in [0.2, 0.25) is 0 Å². The molecule has 3 N–H and O–H groups in total. The van der Waals surface area contributed by atoms with Gasteiger partial charge >= 0.3 is 0 Å². The number of aliphatic hydroxyl groups is 1. The van der Waals surface area contributed by atoms with Crippen molar-refractivity contribution in [1.82, 2.24) is 0 Å². The first kappa shape index (κ1) is 11.8. The van der Waals surface area contributed by atoms with Crippen LogP contribution in [0.5, 0.6) is 0 Å². The minimum absolute atomic E-state index is 0.0912. The Kier molecular flexibility index (Phi) is 7.33. The summed E-state index contributed by atoms with van der Waals surface area (Å²) in [5.74, 6) is 0. The van der Waals surface area contributed by atoms with Gasteiger partial charge in [0.1, 0.15) is 12.2 Å². The molecule has 0 fully saturated rings. The van der Waals surface area contributed by atoms with Gasteiger partial charge in [-0.05, 0) is 0 Å². The molecule has 0 aromatic heterocycles. The molecule has 0 amide bonds. The maximum absolute atomic E-state index is 8.85. The van der Waals surface area contributed by atoms with E-state index in [-0.39, 0.29) is 25.5 Å². The molecule has 0 saturated carbocycles. The molecule has 0 aromatic rings. The van der Waals surface area contributed by atoms with E-state index in [1.54, 1.807) is 7.11 Å². The third kappa shape index (κ3) is 3.99. The monoisotopic (exact) mass is 179 g/mol. The van der Waals surface area contributed by atoms with Gasteiger partial charge < -0.3 is 25.1 Å². The van der Waals surface area contributed by atoms with Crippen molar-refractivity contribution >= 4 is 0 Å². The van der Waals surface area contributed by atoms with Crippen LogP contribution in [-0.4, -0.2) is 51.5 Å². The fourth-order valence-electron chi connectivity index (χ4n) is 0.895. The lowest BCUT2D eigenvalue weighted by Crippen LogP contribution is -2.38. The van der Waals surface area contributed by atoms with E-state index < -0.39 is 0 Å². The molecule has 0 heterocycles. The zero-order chi connectivity index (χ0) is 9.40. The van der Waals surface area contributed by atoms with Gasteiger partial charge in [0.15, 0.2) is 0 Å². The van der Waals surface area contributed by atoms with Gasteiger partial charge in [-0.2, -0.15) is 0 Å². The Morgan fingerprint density at radius 3 is 2.33 bits per heavy atom. The van der Waals surface area contributed by atoms with Crippen molar-refractivity contribution in [2.45, 2.75) is 12.2 Å². The number of hydrogen-bond acceptors (Lipinski definition) is 5. The van der Waals surface area contributed by atoms with Crippen LogP contribution in [-0.2, 0) is 14.2 Å². The molecule has 5 heteroatoms. The summed E-state index contributed by atoms with van der Waals surface area (Å²) < 4.78 is 14.9. The molecule has 0 spiro atoms. The fraction of sp³-hybridized carbons (Fsp3) is 1.00. The number of nitrogens with two attached hydrogens (primary N) is 1. The van der Waals surface area contributed by atoms with E-state index in [4.69, 9.17) is 25.1 Å². The lowest BCUT2D eigenvalue weighted by atomic mass is 10.2. The first-order valence-electron chi connectivity index (χ1n) is 3.74. The molecule has 5 nitrogen and oxygen atoms in total. The molecule has 12 heavy (non-hydrogen) atoms. The predicted molar refractivity (Wildman–Crippen MR) is 43.7 cm³/mol. The summed E-state index contributed by atoms with van der Waals surface area (Å²) in [5, 5.41) is 8.85. The summed E-state index contributed by atoms with van der Waals surface area (Å²) in [5.41, 5.74) is 5.19. The Labute approximate surface area is 72.4 Å². The Bertz CT molecular complexity index is 91.4.